The highest BCUT2D eigenvalue weighted by molar-refractivity contribution is 6.30. The number of nitrogens with zero attached hydrogens (tertiary/aromatic N) is 1. The number of carbonyl (C=O) groups is 1. The predicted molar refractivity (Wildman–Crippen MR) is 73.6 cm³/mol. The quantitative estimate of drug-likeness (QED) is 0.839. The van der Waals surface area contributed by atoms with Gasteiger partial charge in [0.05, 0.1) is 18.1 Å². The second-order valence-electron chi connectivity index (χ2n) is 5.70. The lowest BCUT2D eigenvalue weighted by Gasteiger charge is -2.39. The number of rotatable bonds is 2. The maximum absolute atomic E-state index is 13.0. The summed E-state index contributed by atoms with van der Waals surface area (Å²) >= 11 is 5.67. The van der Waals surface area contributed by atoms with Crippen LogP contribution in [0.25, 0.3) is 0 Å². The molecule has 0 N–H and O–H groups in total. The van der Waals surface area contributed by atoms with Crippen LogP contribution in [0.3, 0.4) is 0 Å². The summed E-state index contributed by atoms with van der Waals surface area (Å²) < 4.78 is 23.8. The third-order valence-corrected chi connectivity index (χ3v) is 2.98. The smallest absolute Gasteiger partial charge is 0.410 e. The molecule has 110 valence electrons. The molecule has 2 rings (SSSR count). The van der Waals surface area contributed by atoms with Crippen LogP contribution in [0.15, 0.2) is 18.2 Å². The molecule has 0 aromatic heterocycles. The van der Waals surface area contributed by atoms with E-state index < -0.39 is 11.4 Å². The molecule has 1 fully saturated rings. The molecule has 1 heterocycles. The highest BCUT2D eigenvalue weighted by Gasteiger charge is 2.35. The van der Waals surface area contributed by atoms with E-state index in [4.69, 9.17) is 21.1 Å². The Morgan fingerprint density at radius 2 is 2.05 bits per heavy atom. The number of ether oxygens (including phenoxy) is 2. The molecule has 0 saturated carbocycles. The Kier molecular flexibility index (Phi) is 4.09. The number of hydrogen-bond acceptors (Lipinski definition) is 3. The molecular formula is C14H17ClFNO3. The topological polar surface area (TPSA) is 38.8 Å². The molecule has 1 aromatic carbocycles. The molecule has 0 spiro atoms. The first kappa shape index (κ1) is 14.9. The van der Waals surface area contributed by atoms with E-state index in [1.54, 1.807) is 4.90 Å². The summed E-state index contributed by atoms with van der Waals surface area (Å²) in [6.45, 7) is 6.35. The van der Waals surface area contributed by atoms with Crippen molar-refractivity contribution in [1.82, 2.24) is 4.90 Å². The van der Waals surface area contributed by atoms with Gasteiger partial charge in [-0.3, -0.25) is 0 Å². The third-order valence-electron chi connectivity index (χ3n) is 2.69. The van der Waals surface area contributed by atoms with E-state index in [-0.39, 0.29) is 17.2 Å². The van der Waals surface area contributed by atoms with Crippen molar-refractivity contribution in [1.29, 1.82) is 0 Å². The van der Waals surface area contributed by atoms with Gasteiger partial charge < -0.3 is 14.4 Å². The van der Waals surface area contributed by atoms with E-state index in [0.717, 1.165) is 0 Å². The first-order chi connectivity index (χ1) is 9.24. The minimum atomic E-state index is -0.506. The van der Waals surface area contributed by atoms with Crippen LogP contribution in [0, 0.1) is 5.82 Å². The van der Waals surface area contributed by atoms with Gasteiger partial charge in [-0.1, -0.05) is 11.6 Å². The van der Waals surface area contributed by atoms with Crippen molar-refractivity contribution >= 4 is 17.7 Å². The molecule has 20 heavy (non-hydrogen) atoms. The monoisotopic (exact) mass is 301 g/mol. The van der Waals surface area contributed by atoms with Gasteiger partial charge in [0.1, 0.15) is 23.3 Å². The fourth-order valence-electron chi connectivity index (χ4n) is 1.73. The molecule has 0 radical (unpaired) electrons. The Bertz CT molecular complexity index is 510. The molecule has 1 aliphatic rings. The van der Waals surface area contributed by atoms with Crippen LogP contribution >= 0.6 is 11.6 Å². The Labute approximate surface area is 122 Å². The lowest BCUT2D eigenvalue weighted by Crippen LogP contribution is -2.57. The van der Waals surface area contributed by atoms with Crippen LogP contribution in [-0.4, -0.2) is 35.8 Å². The maximum Gasteiger partial charge on any atom is 0.410 e. The van der Waals surface area contributed by atoms with Gasteiger partial charge in [-0.15, -0.1) is 0 Å². The number of hydrogen-bond donors (Lipinski definition) is 0. The normalized spacial score (nSPS) is 15.8. The zero-order valence-electron chi connectivity index (χ0n) is 11.7. The zero-order chi connectivity index (χ0) is 14.9. The highest BCUT2D eigenvalue weighted by Crippen LogP contribution is 2.24. The van der Waals surface area contributed by atoms with Gasteiger partial charge in [-0.25, -0.2) is 9.18 Å². The van der Waals surface area contributed by atoms with Crippen LogP contribution in [0.5, 0.6) is 5.75 Å². The van der Waals surface area contributed by atoms with Gasteiger partial charge in [0, 0.05) is 6.07 Å². The molecule has 1 amide bonds. The molecule has 1 aliphatic heterocycles. The minimum absolute atomic E-state index is 0.0193. The van der Waals surface area contributed by atoms with E-state index >= 15 is 0 Å². The lowest BCUT2D eigenvalue weighted by molar-refractivity contribution is -0.0221. The summed E-state index contributed by atoms with van der Waals surface area (Å²) in [7, 11) is 0. The molecule has 0 unspecified atom stereocenters. The summed E-state index contributed by atoms with van der Waals surface area (Å²) in [4.78, 5) is 13.3. The number of halogens is 2. The predicted octanol–water partition coefficient (Wildman–Crippen LogP) is 3.48. The Balaban J connectivity index is 1.82. The molecule has 1 saturated heterocycles. The van der Waals surface area contributed by atoms with Crippen molar-refractivity contribution in [3.8, 4) is 5.75 Å². The van der Waals surface area contributed by atoms with E-state index in [1.165, 1.54) is 18.2 Å². The van der Waals surface area contributed by atoms with E-state index in [0.29, 0.717) is 18.8 Å². The van der Waals surface area contributed by atoms with Crippen molar-refractivity contribution in [2.75, 3.05) is 13.1 Å². The lowest BCUT2D eigenvalue weighted by atomic mass is 10.1. The number of amides is 1. The van der Waals surface area contributed by atoms with Crippen LogP contribution in [0.1, 0.15) is 20.8 Å². The van der Waals surface area contributed by atoms with Gasteiger partial charge in [-0.2, -0.15) is 0 Å². The molecule has 1 aromatic rings. The van der Waals surface area contributed by atoms with Crippen molar-refractivity contribution in [2.45, 2.75) is 32.5 Å². The molecular weight excluding hydrogens is 285 g/mol. The maximum atomic E-state index is 13.0. The van der Waals surface area contributed by atoms with E-state index in [1.807, 2.05) is 20.8 Å². The van der Waals surface area contributed by atoms with Gasteiger partial charge >= 0.3 is 6.09 Å². The largest absolute Gasteiger partial charge is 0.487 e. The van der Waals surface area contributed by atoms with Crippen LogP contribution in [-0.2, 0) is 4.74 Å². The van der Waals surface area contributed by atoms with Crippen LogP contribution in [0.2, 0.25) is 5.02 Å². The first-order valence-corrected chi connectivity index (χ1v) is 6.72. The second-order valence-corrected chi connectivity index (χ2v) is 6.11. The fourth-order valence-corrected chi connectivity index (χ4v) is 1.90. The van der Waals surface area contributed by atoms with Gasteiger partial charge in [0.15, 0.2) is 0 Å². The zero-order valence-corrected chi connectivity index (χ0v) is 12.4. The van der Waals surface area contributed by atoms with Crippen molar-refractivity contribution in [2.24, 2.45) is 0 Å². The summed E-state index contributed by atoms with van der Waals surface area (Å²) in [5, 5.41) is 0.0193. The molecule has 0 bridgehead atoms. The van der Waals surface area contributed by atoms with Crippen LogP contribution in [0.4, 0.5) is 9.18 Å². The van der Waals surface area contributed by atoms with Gasteiger partial charge in [0.25, 0.3) is 0 Å². The van der Waals surface area contributed by atoms with Gasteiger partial charge in [0.2, 0.25) is 0 Å². The SMILES string of the molecule is CC(C)(C)OC(=O)N1CC(Oc2ccc(F)c(Cl)c2)C1. The molecule has 4 nitrogen and oxygen atoms in total. The molecule has 6 heteroatoms. The van der Waals surface area contributed by atoms with Crippen molar-refractivity contribution < 1.29 is 18.7 Å². The summed E-state index contributed by atoms with van der Waals surface area (Å²) in [5.41, 5.74) is -0.506. The Morgan fingerprint density at radius 3 is 2.60 bits per heavy atom. The average Bonchev–Trinajstić information content (AvgIpc) is 2.25. The van der Waals surface area contributed by atoms with E-state index in [2.05, 4.69) is 0 Å². The van der Waals surface area contributed by atoms with Crippen LogP contribution < -0.4 is 4.74 Å². The summed E-state index contributed by atoms with van der Waals surface area (Å²) in [5.74, 6) is 0.00764. The fraction of sp³-hybridized carbons (Fsp3) is 0.500. The highest BCUT2D eigenvalue weighted by atomic mass is 35.5. The standard InChI is InChI=1S/C14H17ClFNO3/c1-14(2,3)20-13(18)17-7-10(8-17)19-9-4-5-12(16)11(15)6-9/h4-6,10H,7-8H2,1-3H3. The molecule has 0 atom stereocenters. The van der Waals surface area contributed by atoms with Crippen molar-refractivity contribution in [3.05, 3.63) is 29.0 Å². The number of carbonyl (C=O) groups excluding carboxylic acids is 1. The summed E-state index contributed by atoms with van der Waals surface area (Å²) in [6.07, 6.45) is -0.474. The Morgan fingerprint density at radius 1 is 1.40 bits per heavy atom. The number of likely N-dealkylation sites (tertiary alicyclic amines) is 1. The second kappa shape index (κ2) is 5.48. The molecule has 0 aliphatic carbocycles. The van der Waals surface area contributed by atoms with Crippen molar-refractivity contribution in [3.63, 3.8) is 0 Å². The minimum Gasteiger partial charge on any atom is -0.487 e. The average molecular weight is 302 g/mol. The van der Waals surface area contributed by atoms with Gasteiger partial charge in [-0.05, 0) is 32.9 Å². The Hall–Kier alpha value is -1.49. The first-order valence-electron chi connectivity index (χ1n) is 6.34. The third kappa shape index (κ3) is 3.76. The van der Waals surface area contributed by atoms with E-state index in [9.17, 15) is 9.18 Å². The summed E-state index contributed by atoms with van der Waals surface area (Å²) in [6, 6.07) is 4.19. The number of benzene rings is 1.